The summed E-state index contributed by atoms with van der Waals surface area (Å²) in [5, 5.41) is 0. The number of carbonyl (C=O) groups is 1. The lowest BCUT2D eigenvalue weighted by molar-refractivity contribution is 0.0690. The molecule has 0 bridgehead atoms. The van der Waals surface area contributed by atoms with Crippen molar-refractivity contribution in [3.8, 4) is 11.3 Å². The minimum Gasteiger partial charge on any atom is -0.444 e. The van der Waals surface area contributed by atoms with E-state index in [0.29, 0.717) is 6.04 Å². The van der Waals surface area contributed by atoms with E-state index in [9.17, 15) is 4.79 Å². The number of carbonyl (C=O) groups excluding carboxylic acids is 1. The Bertz CT molecular complexity index is 643. The van der Waals surface area contributed by atoms with E-state index in [2.05, 4.69) is 4.98 Å². The lowest BCUT2D eigenvalue weighted by atomic mass is 10.0. The fourth-order valence-electron chi connectivity index (χ4n) is 3.37. The highest BCUT2D eigenvalue weighted by Gasteiger charge is 2.44. The topological polar surface area (TPSA) is 46.3 Å². The number of hydrogen-bond acceptors (Lipinski definition) is 3. The van der Waals surface area contributed by atoms with Crippen LogP contribution in [0.2, 0.25) is 0 Å². The monoisotopic (exact) mass is 296 g/mol. The summed E-state index contributed by atoms with van der Waals surface area (Å²) in [4.78, 5) is 18.6. The molecule has 22 heavy (non-hydrogen) atoms. The van der Waals surface area contributed by atoms with Crippen LogP contribution in [-0.4, -0.2) is 28.9 Å². The van der Waals surface area contributed by atoms with Gasteiger partial charge < -0.3 is 9.32 Å². The molecule has 2 aromatic rings. The molecule has 2 fully saturated rings. The predicted molar refractivity (Wildman–Crippen MR) is 83.3 cm³/mol. The molecule has 0 aliphatic heterocycles. The van der Waals surface area contributed by atoms with Gasteiger partial charge in [0.2, 0.25) is 0 Å². The van der Waals surface area contributed by atoms with Gasteiger partial charge in [0.1, 0.15) is 0 Å². The normalized spacial score (nSPS) is 17.7. The number of benzene rings is 1. The van der Waals surface area contributed by atoms with Crippen LogP contribution in [0, 0.1) is 11.8 Å². The highest BCUT2D eigenvalue weighted by Crippen LogP contribution is 2.47. The molecule has 114 valence electrons. The van der Waals surface area contributed by atoms with Gasteiger partial charge >= 0.3 is 0 Å². The first-order chi connectivity index (χ1) is 10.7. The van der Waals surface area contributed by atoms with Gasteiger partial charge in [0.25, 0.3) is 5.91 Å². The summed E-state index contributed by atoms with van der Waals surface area (Å²) in [5.41, 5.74) is 1.69. The fourth-order valence-corrected chi connectivity index (χ4v) is 3.37. The molecular weight excluding hydrogens is 276 g/mol. The zero-order valence-corrected chi connectivity index (χ0v) is 12.7. The Morgan fingerprint density at radius 3 is 2.32 bits per heavy atom. The average molecular weight is 296 g/mol. The van der Waals surface area contributed by atoms with Gasteiger partial charge in [-0.1, -0.05) is 12.1 Å². The summed E-state index contributed by atoms with van der Waals surface area (Å²) in [7, 11) is 1.97. The van der Waals surface area contributed by atoms with Crippen molar-refractivity contribution in [2.45, 2.75) is 31.7 Å². The van der Waals surface area contributed by atoms with E-state index < -0.39 is 0 Å². The van der Waals surface area contributed by atoms with E-state index in [-0.39, 0.29) is 5.91 Å². The van der Waals surface area contributed by atoms with Crippen LogP contribution >= 0.6 is 0 Å². The molecule has 0 unspecified atom stereocenters. The fraction of sp³-hybridized carbons (Fsp3) is 0.444. The minimum absolute atomic E-state index is 0.132. The van der Waals surface area contributed by atoms with Gasteiger partial charge in [0, 0.05) is 24.2 Å². The van der Waals surface area contributed by atoms with Crippen LogP contribution in [0.4, 0.5) is 0 Å². The molecule has 0 atom stereocenters. The van der Waals surface area contributed by atoms with Crippen molar-refractivity contribution >= 4 is 5.91 Å². The van der Waals surface area contributed by atoms with Crippen LogP contribution in [-0.2, 0) is 0 Å². The Labute approximate surface area is 130 Å². The molecule has 0 spiro atoms. The van der Waals surface area contributed by atoms with Gasteiger partial charge in [0.05, 0.1) is 6.20 Å². The quantitative estimate of drug-likeness (QED) is 0.847. The van der Waals surface area contributed by atoms with E-state index in [0.717, 1.165) is 28.7 Å². The van der Waals surface area contributed by atoms with Gasteiger partial charge in [-0.15, -0.1) is 0 Å². The largest absolute Gasteiger partial charge is 0.444 e. The van der Waals surface area contributed by atoms with Crippen LogP contribution in [0.5, 0.6) is 0 Å². The number of rotatable bonds is 5. The van der Waals surface area contributed by atoms with Gasteiger partial charge in [-0.2, -0.15) is 0 Å². The van der Waals surface area contributed by atoms with E-state index in [4.69, 9.17) is 4.42 Å². The summed E-state index contributed by atoms with van der Waals surface area (Å²) in [6, 6.07) is 8.05. The van der Waals surface area contributed by atoms with Gasteiger partial charge in [-0.25, -0.2) is 4.98 Å². The molecule has 4 heteroatoms. The second kappa shape index (κ2) is 5.27. The number of aromatic nitrogens is 1. The second-order valence-electron chi connectivity index (χ2n) is 6.52. The highest BCUT2D eigenvalue weighted by molar-refractivity contribution is 5.94. The predicted octanol–water partition coefficient (Wildman–Crippen LogP) is 3.60. The number of hydrogen-bond donors (Lipinski definition) is 0. The molecule has 1 amide bonds. The molecule has 0 N–H and O–H groups in total. The molecule has 0 saturated heterocycles. The Morgan fingerprint density at radius 1 is 1.18 bits per heavy atom. The summed E-state index contributed by atoms with van der Waals surface area (Å²) in [6.07, 6.45) is 8.22. The van der Waals surface area contributed by atoms with Gasteiger partial charge in [-0.05, 0) is 49.7 Å². The van der Waals surface area contributed by atoms with Crippen molar-refractivity contribution < 1.29 is 9.21 Å². The molecule has 1 aromatic carbocycles. The molecule has 1 aromatic heterocycles. The third kappa shape index (κ3) is 2.54. The Morgan fingerprint density at radius 2 is 1.82 bits per heavy atom. The van der Waals surface area contributed by atoms with E-state index in [1.807, 2.05) is 36.2 Å². The molecular formula is C18H20N2O2. The Balaban J connectivity index is 1.52. The summed E-state index contributed by atoms with van der Waals surface area (Å²) >= 11 is 0. The highest BCUT2D eigenvalue weighted by atomic mass is 16.3. The summed E-state index contributed by atoms with van der Waals surface area (Å²) < 4.78 is 5.28. The molecule has 2 aliphatic rings. The zero-order chi connectivity index (χ0) is 15.1. The molecule has 2 aliphatic carbocycles. The van der Waals surface area contributed by atoms with Crippen molar-refractivity contribution in [2.24, 2.45) is 11.8 Å². The van der Waals surface area contributed by atoms with Crippen molar-refractivity contribution in [1.82, 2.24) is 9.88 Å². The van der Waals surface area contributed by atoms with Crippen LogP contribution < -0.4 is 0 Å². The van der Waals surface area contributed by atoms with E-state index >= 15 is 0 Å². The molecule has 4 rings (SSSR count). The van der Waals surface area contributed by atoms with Crippen molar-refractivity contribution in [1.29, 1.82) is 0 Å². The standard InChI is InChI=1S/C18H20N2O2/c1-20(17(13-4-5-13)14-6-7-14)18(21)15-8-2-12(3-9-15)16-10-19-11-22-16/h2-3,8-11,13-14,17H,4-7H2,1H3. The summed E-state index contributed by atoms with van der Waals surface area (Å²) in [5.74, 6) is 2.32. The maximum Gasteiger partial charge on any atom is 0.253 e. The first kappa shape index (κ1) is 13.6. The second-order valence-corrected chi connectivity index (χ2v) is 6.52. The van der Waals surface area contributed by atoms with Gasteiger partial charge in [0.15, 0.2) is 12.2 Å². The maximum atomic E-state index is 12.7. The SMILES string of the molecule is CN(C(=O)c1ccc(-c2cnco2)cc1)C(C1CC1)C1CC1. The number of nitrogens with zero attached hydrogens (tertiary/aromatic N) is 2. The van der Waals surface area contributed by atoms with E-state index in [1.165, 1.54) is 32.1 Å². The summed E-state index contributed by atoms with van der Waals surface area (Å²) in [6.45, 7) is 0. The van der Waals surface area contributed by atoms with Crippen LogP contribution in [0.1, 0.15) is 36.0 Å². The zero-order valence-electron chi connectivity index (χ0n) is 12.7. The number of oxazole rings is 1. The average Bonchev–Trinajstić information content (AvgIpc) is 3.49. The molecule has 4 nitrogen and oxygen atoms in total. The van der Waals surface area contributed by atoms with Crippen molar-refractivity contribution in [3.05, 3.63) is 42.4 Å². The third-order valence-corrected chi connectivity index (χ3v) is 4.83. The van der Waals surface area contributed by atoms with Crippen molar-refractivity contribution in [2.75, 3.05) is 7.05 Å². The maximum absolute atomic E-state index is 12.7. The molecule has 2 saturated carbocycles. The first-order valence-corrected chi connectivity index (χ1v) is 8.00. The lowest BCUT2D eigenvalue weighted by Crippen LogP contribution is -2.40. The first-order valence-electron chi connectivity index (χ1n) is 8.00. The third-order valence-electron chi connectivity index (χ3n) is 4.83. The van der Waals surface area contributed by atoms with Gasteiger partial charge in [-0.3, -0.25) is 4.79 Å². The Kier molecular flexibility index (Phi) is 3.25. The van der Waals surface area contributed by atoms with Crippen LogP contribution in [0.3, 0.4) is 0 Å². The van der Waals surface area contributed by atoms with E-state index in [1.54, 1.807) is 6.20 Å². The van der Waals surface area contributed by atoms with Crippen molar-refractivity contribution in [3.63, 3.8) is 0 Å². The van der Waals surface area contributed by atoms with Crippen LogP contribution in [0.25, 0.3) is 11.3 Å². The minimum atomic E-state index is 0.132. The Hall–Kier alpha value is -2.10. The lowest BCUT2D eigenvalue weighted by Gasteiger charge is -2.28. The smallest absolute Gasteiger partial charge is 0.253 e. The molecule has 1 heterocycles. The number of amides is 1. The molecule has 0 radical (unpaired) electrons. The van der Waals surface area contributed by atoms with Crippen LogP contribution in [0.15, 0.2) is 41.3 Å².